The molecule has 0 aliphatic heterocycles. The number of halogens is 3. The van der Waals surface area contributed by atoms with Crippen LogP contribution < -0.4 is 10.1 Å². The van der Waals surface area contributed by atoms with Crippen LogP contribution in [-0.2, 0) is 11.3 Å². The van der Waals surface area contributed by atoms with Crippen LogP contribution in [0, 0.1) is 0 Å². The predicted molar refractivity (Wildman–Crippen MR) is 112 cm³/mol. The van der Waals surface area contributed by atoms with E-state index in [4.69, 9.17) is 4.74 Å². The van der Waals surface area contributed by atoms with Gasteiger partial charge in [0.2, 0.25) is 0 Å². The highest BCUT2D eigenvalue weighted by molar-refractivity contribution is 5.82. The van der Waals surface area contributed by atoms with Crippen LogP contribution in [0.2, 0.25) is 0 Å². The van der Waals surface area contributed by atoms with Crippen molar-refractivity contribution in [3.8, 4) is 11.4 Å². The summed E-state index contributed by atoms with van der Waals surface area (Å²) in [5, 5.41) is 7.21. The SMILES string of the molecule is C[C@H](NC(=O)C(F)(F)F)[C@@H](C)Oc1ccc2c(cnn2-c2cccc(CN(C)C)c2)c1. The molecule has 1 amide bonds. The lowest BCUT2D eigenvalue weighted by atomic mass is 10.2. The third-order valence-corrected chi connectivity index (χ3v) is 4.84. The summed E-state index contributed by atoms with van der Waals surface area (Å²) < 4.78 is 44.9. The van der Waals surface area contributed by atoms with E-state index in [2.05, 4.69) is 22.1 Å². The quantitative estimate of drug-likeness (QED) is 0.612. The predicted octanol–water partition coefficient (Wildman–Crippen LogP) is 3.92. The molecule has 0 fully saturated rings. The maximum Gasteiger partial charge on any atom is 0.471 e. The number of carbonyl (C=O) groups excluding carboxylic acids is 1. The van der Waals surface area contributed by atoms with Crippen LogP contribution in [0.3, 0.4) is 0 Å². The minimum atomic E-state index is -4.93. The van der Waals surface area contributed by atoms with Gasteiger partial charge >= 0.3 is 12.1 Å². The van der Waals surface area contributed by atoms with E-state index in [1.165, 1.54) is 6.92 Å². The Bertz CT molecular complexity index is 1060. The molecular weight excluding hydrogens is 409 g/mol. The van der Waals surface area contributed by atoms with E-state index in [-0.39, 0.29) is 0 Å². The number of carbonyl (C=O) groups is 1. The molecule has 1 heterocycles. The standard InChI is InChI=1S/C22H25F3N4O2/c1-14(27-21(30)22(23,24)25)15(2)31-19-8-9-20-17(11-19)12-26-29(20)18-7-5-6-16(10-18)13-28(3)4/h5-12,14-15H,13H2,1-4H3,(H,27,30)/t14-,15+/m0/s1. The van der Waals surface area contributed by atoms with Crippen molar-refractivity contribution in [1.29, 1.82) is 0 Å². The molecule has 0 saturated carbocycles. The van der Waals surface area contributed by atoms with Gasteiger partial charge in [0.25, 0.3) is 0 Å². The van der Waals surface area contributed by atoms with Crippen molar-refractivity contribution in [2.75, 3.05) is 14.1 Å². The lowest BCUT2D eigenvalue weighted by Gasteiger charge is -2.23. The minimum Gasteiger partial charge on any atom is -0.489 e. The van der Waals surface area contributed by atoms with E-state index in [1.807, 2.05) is 42.3 Å². The summed E-state index contributed by atoms with van der Waals surface area (Å²) in [6, 6.07) is 12.6. The molecule has 1 aromatic heterocycles. The Morgan fingerprint density at radius 3 is 2.61 bits per heavy atom. The summed E-state index contributed by atoms with van der Waals surface area (Å²) in [4.78, 5) is 13.2. The van der Waals surface area contributed by atoms with Gasteiger partial charge in [-0.25, -0.2) is 4.68 Å². The molecule has 31 heavy (non-hydrogen) atoms. The summed E-state index contributed by atoms with van der Waals surface area (Å²) >= 11 is 0. The maximum absolute atomic E-state index is 12.4. The van der Waals surface area contributed by atoms with Gasteiger partial charge < -0.3 is 15.0 Å². The van der Waals surface area contributed by atoms with Crippen molar-refractivity contribution in [2.45, 2.75) is 38.7 Å². The fraction of sp³-hybridized carbons (Fsp3) is 0.364. The molecule has 1 N–H and O–H groups in total. The third-order valence-electron chi connectivity index (χ3n) is 4.84. The number of ether oxygens (including phenoxy) is 1. The maximum atomic E-state index is 12.4. The average Bonchev–Trinajstić information content (AvgIpc) is 3.10. The van der Waals surface area contributed by atoms with Crippen molar-refractivity contribution in [2.24, 2.45) is 0 Å². The molecule has 0 saturated heterocycles. The summed E-state index contributed by atoms with van der Waals surface area (Å²) in [6.45, 7) is 3.88. The van der Waals surface area contributed by atoms with Gasteiger partial charge in [-0.2, -0.15) is 18.3 Å². The molecule has 0 unspecified atom stereocenters. The lowest BCUT2D eigenvalue weighted by molar-refractivity contribution is -0.174. The molecule has 0 aliphatic carbocycles. The molecule has 3 rings (SSSR count). The fourth-order valence-electron chi connectivity index (χ4n) is 3.16. The number of aromatic nitrogens is 2. The number of amides is 1. The Labute approximate surface area is 178 Å². The van der Waals surface area contributed by atoms with Crippen LogP contribution in [0.15, 0.2) is 48.7 Å². The number of benzene rings is 2. The molecule has 0 radical (unpaired) electrons. The van der Waals surface area contributed by atoms with Crippen molar-refractivity contribution >= 4 is 16.8 Å². The summed E-state index contributed by atoms with van der Waals surface area (Å²) in [5.41, 5.74) is 2.97. The monoisotopic (exact) mass is 434 g/mol. The minimum absolute atomic E-state index is 0.481. The van der Waals surface area contributed by atoms with Crippen LogP contribution in [0.25, 0.3) is 16.6 Å². The summed E-state index contributed by atoms with van der Waals surface area (Å²) in [7, 11) is 4.02. The second-order valence-electron chi connectivity index (χ2n) is 7.77. The Hall–Kier alpha value is -3.07. The van der Waals surface area contributed by atoms with E-state index >= 15 is 0 Å². The molecule has 166 valence electrons. The van der Waals surface area contributed by atoms with Crippen LogP contribution in [0.5, 0.6) is 5.75 Å². The topological polar surface area (TPSA) is 59.4 Å². The fourth-order valence-corrected chi connectivity index (χ4v) is 3.16. The molecule has 2 aromatic carbocycles. The van der Waals surface area contributed by atoms with E-state index in [0.29, 0.717) is 5.75 Å². The zero-order chi connectivity index (χ0) is 22.8. The van der Waals surface area contributed by atoms with E-state index in [1.54, 1.807) is 25.3 Å². The second-order valence-corrected chi connectivity index (χ2v) is 7.77. The molecular formula is C22H25F3N4O2. The van der Waals surface area contributed by atoms with Gasteiger partial charge in [-0.15, -0.1) is 0 Å². The highest BCUT2D eigenvalue weighted by Crippen LogP contribution is 2.25. The Balaban J connectivity index is 1.76. The highest BCUT2D eigenvalue weighted by Gasteiger charge is 2.39. The Morgan fingerprint density at radius 2 is 1.94 bits per heavy atom. The van der Waals surface area contributed by atoms with Crippen LogP contribution in [-0.4, -0.2) is 53.0 Å². The average molecular weight is 434 g/mol. The smallest absolute Gasteiger partial charge is 0.471 e. The van der Waals surface area contributed by atoms with E-state index in [0.717, 1.165) is 28.7 Å². The molecule has 9 heteroatoms. The van der Waals surface area contributed by atoms with E-state index < -0.39 is 24.2 Å². The second kappa shape index (κ2) is 8.97. The van der Waals surface area contributed by atoms with E-state index in [9.17, 15) is 18.0 Å². The van der Waals surface area contributed by atoms with Gasteiger partial charge in [-0.3, -0.25) is 4.79 Å². The number of nitrogens with zero attached hydrogens (tertiary/aromatic N) is 3. The van der Waals surface area contributed by atoms with Gasteiger partial charge in [-0.1, -0.05) is 12.1 Å². The number of nitrogens with one attached hydrogen (secondary N) is 1. The van der Waals surface area contributed by atoms with Crippen molar-refractivity contribution in [3.63, 3.8) is 0 Å². The molecule has 3 aromatic rings. The van der Waals surface area contributed by atoms with Gasteiger partial charge in [0.1, 0.15) is 11.9 Å². The van der Waals surface area contributed by atoms with Gasteiger partial charge in [-0.05, 0) is 63.8 Å². The number of fused-ring (bicyclic) bond motifs is 1. The zero-order valence-electron chi connectivity index (χ0n) is 17.8. The third kappa shape index (κ3) is 5.55. The first-order valence-electron chi connectivity index (χ1n) is 9.81. The normalized spacial score (nSPS) is 13.9. The first-order chi connectivity index (χ1) is 14.5. The van der Waals surface area contributed by atoms with Crippen LogP contribution in [0.4, 0.5) is 13.2 Å². The lowest BCUT2D eigenvalue weighted by Crippen LogP contribution is -2.47. The van der Waals surface area contributed by atoms with Crippen LogP contribution in [0.1, 0.15) is 19.4 Å². The number of rotatable bonds is 7. The van der Waals surface area contributed by atoms with Crippen molar-refractivity contribution in [1.82, 2.24) is 20.0 Å². The Morgan fingerprint density at radius 1 is 1.19 bits per heavy atom. The van der Waals surface area contributed by atoms with Gasteiger partial charge in [0.15, 0.2) is 0 Å². The zero-order valence-corrected chi connectivity index (χ0v) is 17.8. The van der Waals surface area contributed by atoms with Crippen molar-refractivity contribution < 1.29 is 22.7 Å². The van der Waals surface area contributed by atoms with Crippen LogP contribution >= 0.6 is 0 Å². The first kappa shape index (κ1) is 22.6. The number of hydrogen-bond donors (Lipinski definition) is 1. The molecule has 0 bridgehead atoms. The highest BCUT2D eigenvalue weighted by atomic mass is 19.4. The summed E-state index contributed by atoms with van der Waals surface area (Å²) in [5.74, 6) is -1.50. The molecule has 0 aliphatic rings. The molecule has 0 spiro atoms. The largest absolute Gasteiger partial charge is 0.489 e. The Kier molecular flexibility index (Phi) is 6.54. The molecule has 2 atom stereocenters. The summed E-state index contributed by atoms with van der Waals surface area (Å²) in [6.07, 6.45) is -3.88. The number of hydrogen-bond acceptors (Lipinski definition) is 4. The number of alkyl halides is 3. The van der Waals surface area contributed by atoms with Gasteiger partial charge in [0, 0.05) is 11.9 Å². The first-order valence-corrected chi connectivity index (χ1v) is 9.81. The van der Waals surface area contributed by atoms with Gasteiger partial charge in [0.05, 0.1) is 23.4 Å². The molecule has 6 nitrogen and oxygen atoms in total. The van der Waals surface area contributed by atoms with Crippen molar-refractivity contribution in [3.05, 3.63) is 54.2 Å².